The molecule has 5 heteroatoms. The lowest BCUT2D eigenvalue weighted by Gasteiger charge is -2.28. The van der Waals surface area contributed by atoms with Crippen LogP contribution in [0.15, 0.2) is 12.1 Å². The molecule has 0 saturated carbocycles. The molecule has 120 valence electrons. The highest BCUT2D eigenvalue weighted by atomic mass is 16.5. The average molecular weight is 303 g/mol. The van der Waals surface area contributed by atoms with Gasteiger partial charge in [0.05, 0.1) is 12.1 Å². The maximum atomic E-state index is 12.0. The minimum Gasteiger partial charge on any atom is -0.426 e. The van der Waals surface area contributed by atoms with Crippen LogP contribution in [0, 0.1) is 13.8 Å². The second-order valence-electron chi connectivity index (χ2n) is 6.55. The van der Waals surface area contributed by atoms with Gasteiger partial charge in [0, 0.05) is 18.5 Å². The summed E-state index contributed by atoms with van der Waals surface area (Å²) in [7, 11) is 3.38. The quantitative estimate of drug-likeness (QED) is 0.473. The number of hydrogen-bond acceptors (Lipinski definition) is 4. The molecule has 0 spiro atoms. The molecule has 0 heterocycles. The van der Waals surface area contributed by atoms with Gasteiger partial charge in [-0.25, -0.2) is 0 Å². The van der Waals surface area contributed by atoms with E-state index in [2.05, 4.69) is 11.4 Å². The Morgan fingerprint density at radius 1 is 1.27 bits per heavy atom. The fraction of sp³-hybridized carbons (Fsp3) is 0.529. The first-order valence-corrected chi connectivity index (χ1v) is 7.64. The number of aryl methyl sites for hydroxylation is 2. The van der Waals surface area contributed by atoms with Gasteiger partial charge in [-0.2, -0.15) is 0 Å². The van der Waals surface area contributed by atoms with E-state index in [1.54, 1.807) is 14.9 Å². The standard InChI is InChI=1S/C17H26BNO3/c1-11-8-12(2)16(17(3,4)10-14(18)20)13(9-11)22-15(21)6-7-19-5/h8-9,19H,6-7,10,18H2,1-5H3. The summed E-state index contributed by atoms with van der Waals surface area (Å²) in [6, 6.07) is 3.93. The number of ether oxygens (including phenoxy) is 1. The van der Waals surface area contributed by atoms with Gasteiger partial charge >= 0.3 is 5.97 Å². The van der Waals surface area contributed by atoms with E-state index in [-0.39, 0.29) is 17.1 Å². The Bertz CT molecular complexity index is 567. The summed E-state index contributed by atoms with van der Waals surface area (Å²) in [6.45, 7) is 8.57. The SMILES string of the molecule is BC(=O)CC(C)(C)c1c(C)cc(C)cc1OC(=O)CCNC. The van der Waals surface area contributed by atoms with Crippen LogP contribution in [0.25, 0.3) is 0 Å². The Morgan fingerprint density at radius 2 is 1.91 bits per heavy atom. The number of carbonyl (C=O) groups excluding carboxylic acids is 2. The molecule has 1 N–H and O–H groups in total. The summed E-state index contributed by atoms with van der Waals surface area (Å²) in [5, 5.41) is 2.93. The van der Waals surface area contributed by atoms with Crippen LogP contribution in [0.4, 0.5) is 0 Å². The highest BCUT2D eigenvalue weighted by Crippen LogP contribution is 2.38. The van der Waals surface area contributed by atoms with Crippen LogP contribution in [-0.4, -0.2) is 33.1 Å². The summed E-state index contributed by atoms with van der Waals surface area (Å²) >= 11 is 0. The molecule has 4 nitrogen and oxygen atoms in total. The predicted molar refractivity (Wildman–Crippen MR) is 91.3 cm³/mol. The van der Waals surface area contributed by atoms with Crippen molar-refractivity contribution in [1.29, 1.82) is 0 Å². The Kier molecular flexibility index (Phi) is 6.36. The Labute approximate surface area is 134 Å². The van der Waals surface area contributed by atoms with Crippen molar-refractivity contribution in [1.82, 2.24) is 5.32 Å². The van der Waals surface area contributed by atoms with Gasteiger partial charge in [0.25, 0.3) is 0 Å². The van der Waals surface area contributed by atoms with Crippen LogP contribution < -0.4 is 10.1 Å². The van der Waals surface area contributed by atoms with Crippen LogP contribution in [0.2, 0.25) is 0 Å². The monoisotopic (exact) mass is 303 g/mol. The highest BCUT2D eigenvalue weighted by Gasteiger charge is 2.29. The fourth-order valence-electron chi connectivity index (χ4n) is 2.99. The third-order valence-corrected chi connectivity index (χ3v) is 3.61. The smallest absolute Gasteiger partial charge is 0.312 e. The molecule has 1 aromatic carbocycles. The van der Waals surface area contributed by atoms with Crippen molar-refractivity contribution in [2.24, 2.45) is 0 Å². The molecule has 0 radical (unpaired) electrons. The molecular weight excluding hydrogens is 277 g/mol. The number of benzene rings is 1. The van der Waals surface area contributed by atoms with Crippen molar-refractivity contribution in [3.63, 3.8) is 0 Å². The molecule has 0 aromatic heterocycles. The van der Waals surface area contributed by atoms with Crippen molar-refractivity contribution >= 4 is 19.5 Å². The van der Waals surface area contributed by atoms with Gasteiger partial charge in [-0.3, -0.25) is 4.79 Å². The van der Waals surface area contributed by atoms with E-state index in [1.807, 2.05) is 33.8 Å². The molecule has 0 amide bonds. The summed E-state index contributed by atoms with van der Waals surface area (Å²) in [5.74, 6) is 0.309. The molecular formula is C17H26BNO3. The lowest BCUT2D eigenvalue weighted by Crippen LogP contribution is -2.25. The lowest BCUT2D eigenvalue weighted by atomic mass is 9.74. The van der Waals surface area contributed by atoms with Crippen LogP contribution in [0.3, 0.4) is 0 Å². The number of esters is 1. The largest absolute Gasteiger partial charge is 0.426 e. The van der Waals surface area contributed by atoms with E-state index < -0.39 is 0 Å². The predicted octanol–water partition coefficient (Wildman–Crippen LogP) is 1.65. The first-order chi connectivity index (χ1) is 10.2. The zero-order valence-corrected chi connectivity index (χ0v) is 14.5. The number of nitrogens with one attached hydrogen (secondary N) is 1. The maximum Gasteiger partial charge on any atom is 0.312 e. The van der Waals surface area contributed by atoms with Gasteiger partial charge in [-0.15, -0.1) is 0 Å². The molecule has 22 heavy (non-hydrogen) atoms. The first-order valence-electron chi connectivity index (χ1n) is 7.64. The van der Waals surface area contributed by atoms with E-state index in [9.17, 15) is 9.59 Å². The fourth-order valence-corrected chi connectivity index (χ4v) is 2.99. The van der Waals surface area contributed by atoms with Crippen molar-refractivity contribution in [3.05, 3.63) is 28.8 Å². The normalized spacial score (nSPS) is 11.3. The van der Waals surface area contributed by atoms with Gasteiger partial charge < -0.3 is 14.8 Å². The number of carbonyl (C=O) groups is 2. The van der Waals surface area contributed by atoms with Gasteiger partial charge in [0.1, 0.15) is 5.75 Å². The number of hydrogen-bond donors (Lipinski definition) is 1. The van der Waals surface area contributed by atoms with E-state index in [1.165, 1.54) is 0 Å². The number of rotatable bonds is 7. The molecule has 0 fully saturated rings. The van der Waals surface area contributed by atoms with Crippen LogP contribution in [-0.2, 0) is 15.0 Å². The average Bonchev–Trinajstić information content (AvgIpc) is 2.33. The second-order valence-corrected chi connectivity index (χ2v) is 6.55. The van der Waals surface area contributed by atoms with E-state index in [4.69, 9.17) is 4.74 Å². The third kappa shape index (κ3) is 4.99. The third-order valence-electron chi connectivity index (χ3n) is 3.61. The molecule has 0 saturated heterocycles. The van der Waals surface area contributed by atoms with E-state index in [0.29, 0.717) is 25.1 Å². The zero-order chi connectivity index (χ0) is 16.9. The topological polar surface area (TPSA) is 55.4 Å². The minimum absolute atomic E-state index is 0.123. The minimum atomic E-state index is -0.373. The second kappa shape index (κ2) is 7.59. The van der Waals surface area contributed by atoms with Crippen molar-refractivity contribution in [3.8, 4) is 5.75 Å². The van der Waals surface area contributed by atoms with Gasteiger partial charge in [-0.1, -0.05) is 19.9 Å². The van der Waals surface area contributed by atoms with Crippen LogP contribution >= 0.6 is 0 Å². The summed E-state index contributed by atoms with van der Waals surface area (Å²) in [6.07, 6.45) is 0.730. The molecule has 0 bridgehead atoms. The molecule has 0 atom stereocenters. The summed E-state index contributed by atoms with van der Waals surface area (Å²) in [5.41, 5.74) is 2.77. The first kappa shape index (κ1) is 18.4. The summed E-state index contributed by atoms with van der Waals surface area (Å²) in [4.78, 5) is 23.5. The van der Waals surface area contributed by atoms with E-state index in [0.717, 1.165) is 16.7 Å². The Morgan fingerprint density at radius 3 is 2.45 bits per heavy atom. The Hall–Kier alpha value is -1.62. The van der Waals surface area contributed by atoms with Crippen molar-refractivity contribution in [2.45, 2.75) is 46.0 Å². The van der Waals surface area contributed by atoms with Gasteiger partial charge in [-0.05, 0) is 43.5 Å². The molecule has 1 rings (SSSR count). The molecule has 0 aliphatic rings. The molecule has 1 aromatic rings. The lowest BCUT2D eigenvalue weighted by molar-refractivity contribution is -0.134. The van der Waals surface area contributed by atoms with Gasteiger partial charge in [0.15, 0.2) is 7.85 Å². The summed E-state index contributed by atoms with van der Waals surface area (Å²) < 4.78 is 5.59. The van der Waals surface area contributed by atoms with Crippen LogP contribution in [0.1, 0.15) is 43.4 Å². The zero-order valence-electron chi connectivity index (χ0n) is 14.5. The molecule has 0 aliphatic heterocycles. The molecule has 0 unspecified atom stereocenters. The van der Waals surface area contributed by atoms with Crippen molar-refractivity contribution in [2.75, 3.05) is 13.6 Å². The van der Waals surface area contributed by atoms with Crippen molar-refractivity contribution < 1.29 is 14.3 Å². The van der Waals surface area contributed by atoms with E-state index >= 15 is 0 Å². The highest BCUT2D eigenvalue weighted by molar-refractivity contribution is 6.57. The Balaban J connectivity index is 3.20. The van der Waals surface area contributed by atoms with Gasteiger partial charge in [0.2, 0.25) is 0 Å². The van der Waals surface area contributed by atoms with Crippen LogP contribution in [0.5, 0.6) is 5.75 Å². The molecule has 0 aliphatic carbocycles. The maximum absolute atomic E-state index is 12.0.